The van der Waals surface area contributed by atoms with Crippen LogP contribution in [0.4, 0.5) is 0 Å². The maximum absolute atomic E-state index is 10.7. The third-order valence-electron chi connectivity index (χ3n) is 3.30. The van der Waals surface area contributed by atoms with Gasteiger partial charge in [0, 0.05) is 6.04 Å². The number of nitrogens with two attached hydrogens (primary N) is 1. The summed E-state index contributed by atoms with van der Waals surface area (Å²) in [5.41, 5.74) is 10.4. The van der Waals surface area contributed by atoms with Crippen LogP contribution in [-0.4, -0.2) is 11.1 Å². The molecule has 2 aromatic carbocycles. The van der Waals surface area contributed by atoms with Crippen molar-refractivity contribution in [3.63, 3.8) is 0 Å². The van der Waals surface area contributed by atoms with Gasteiger partial charge in [-0.3, -0.25) is 4.79 Å². The number of carboxylic acids is 1. The Morgan fingerprint density at radius 3 is 2.50 bits per heavy atom. The third-order valence-corrected chi connectivity index (χ3v) is 3.30. The predicted molar refractivity (Wildman–Crippen MR) is 79.6 cm³/mol. The molecule has 0 unspecified atom stereocenters. The first-order valence-electron chi connectivity index (χ1n) is 6.66. The van der Waals surface area contributed by atoms with Crippen LogP contribution in [0.25, 0.3) is 0 Å². The van der Waals surface area contributed by atoms with Crippen LogP contribution in [-0.2, 0) is 11.2 Å². The largest absolute Gasteiger partial charge is 0.481 e. The molecule has 0 aromatic heterocycles. The Balaban J connectivity index is 2.13. The Morgan fingerprint density at radius 2 is 1.85 bits per heavy atom. The smallest absolute Gasteiger partial charge is 0.305 e. The number of rotatable bonds is 5. The Bertz CT molecular complexity index is 590. The van der Waals surface area contributed by atoms with Crippen LogP contribution in [0.15, 0.2) is 48.5 Å². The number of carbonyl (C=O) groups is 1. The second kappa shape index (κ2) is 6.35. The van der Waals surface area contributed by atoms with Crippen molar-refractivity contribution in [1.29, 1.82) is 0 Å². The van der Waals surface area contributed by atoms with E-state index in [1.807, 2.05) is 24.3 Å². The van der Waals surface area contributed by atoms with Gasteiger partial charge in [-0.25, -0.2) is 0 Å². The van der Waals surface area contributed by atoms with Crippen LogP contribution < -0.4 is 5.73 Å². The van der Waals surface area contributed by atoms with Crippen molar-refractivity contribution >= 4 is 5.97 Å². The predicted octanol–water partition coefficient (Wildman–Crippen LogP) is 3.06. The summed E-state index contributed by atoms with van der Waals surface area (Å²) in [5, 5.41) is 8.80. The molecule has 0 radical (unpaired) electrons. The minimum absolute atomic E-state index is 0.0476. The lowest BCUT2D eigenvalue weighted by Gasteiger charge is -2.11. The molecule has 0 saturated carbocycles. The van der Waals surface area contributed by atoms with Gasteiger partial charge >= 0.3 is 5.97 Å². The Labute approximate surface area is 119 Å². The zero-order valence-corrected chi connectivity index (χ0v) is 11.5. The number of aryl methyl sites for hydroxylation is 1. The number of benzene rings is 2. The van der Waals surface area contributed by atoms with Crippen molar-refractivity contribution in [3.8, 4) is 0 Å². The quantitative estimate of drug-likeness (QED) is 0.876. The molecule has 2 aromatic rings. The van der Waals surface area contributed by atoms with Gasteiger partial charge in [0.2, 0.25) is 0 Å². The number of hydrogen-bond acceptors (Lipinski definition) is 2. The average Bonchev–Trinajstić information content (AvgIpc) is 2.41. The fourth-order valence-corrected chi connectivity index (χ4v) is 2.18. The molecule has 0 spiro atoms. The van der Waals surface area contributed by atoms with E-state index < -0.39 is 12.0 Å². The minimum atomic E-state index is -0.874. The summed E-state index contributed by atoms with van der Waals surface area (Å²) in [6, 6.07) is 15.8. The molecule has 0 bridgehead atoms. The fraction of sp³-hybridized carbons (Fsp3) is 0.235. The van der Waals surface area contributed by atoms with Gasteiger partial charge in [0.25, 0.3) is 0 Å². The highest BCUT2D eigenvalue weighted by molar-refractivity contribution is 5.67. The summed E-state index contributed by atoms with van der Waals surface area (Å²) in [5.74, 6) is -0.874. The van der Waals surface area contributed by atoms with Crippen LogP contribution in [0.1, 0.15) is 34.7 Å². The highest BCUT2D eigenvalue weighted by Gasteiger charge is 2.10. The van der Waals surface area contributed by atoms with E-state index >= 15 is 0 Å². The molecule has 0 heterocycles. The van der Waals surface area contributed by atoms with Crippen molar-refractivity contribution in [1.82, 2.24) is 0 Å². The molecule has 3 heteroatoms. The molecule has 3 N–H and O–H groups in total. The first-order valence-corrected chi connectivity index (χ1v) is 6.66. The summed E-state index contributed by atoms with van der Waals surface area (Å²) >= 11 is 0. The van der Waals surface area contributed by atoms with E-state index in [0.717, 1.165) is 17.5 Å². The van der Waals surface area contributed by atoms with E-state index in [1.165, 1.54) is 11.1 Å². The molecule has 2 rings (SSSR count). The standard InChI is InChI=1S/C17H19NO2/c1-12-5-7-13(8-6-12)9-14-3-2-4-15(10-14)16(18)11-17(19)20/h2-8,10,16H,9,11,18H2,1H3,(H,19,20)/t16-/m0/s1. The lowest BCUT2D eigenvalue weighted by atomic mass is 9.98. The molecule has 0 aliphatic heterocycles. The summed E-state index contributed by atoms with van der Waals surface area (Å²) in [6.07, 6.45) is 0.780. The van der Waals surface area contributed by atoms with Gasteiger partial charge in [0.1, 0.15) is 0 Å². The average molecular weight is 269 g/mol. The maximum Gasteiger partial charge on any atom is 0.305 e. The molecule has 20 heavy (non-hydrogen) atoms. The van der Waals surface area contributed by atoms with Crippen molar-refractivity contribution in [2.24, 2.45) is 5.73 Å². The Kier molecular flexibility index (Phi) is 4.53. The second-order valence-electron chi connectivity index (χ2n) is 5.11. The van der Waals surface area contributed by atoms with Gasteiger partial charge in [0.05, 0.1) is 6.42 Å². The number of carboxylic acid groups (broad SMARTS) is 1. The topological polar surface area (TPSA) is 63.3 Å². The van der Waals surface area contributed by atoms with E-state index in [1.54, 1.807) is 0 Å². The van der Waals surface area contributed by atoms with Crippen LogP contribution in [0.5, 0.6) is 0 Å². The van der Waals surface area contributed by atoms with Gasteiger partial charge in [-0.15, -0.1) is 0 Å². The Hall–Kier alpha value is -2.13. The molecule has 3 nitrogen and oxygen atoms in total. The molecule has 0 aliphatic carbocycles. The Morgan fingerprint density at radius 1 is 1.15 bits per heavy atom. The molecular weight excluding hydrogens is 250 g/mol. The first-order chi connectivity index (χ1) is 9.54. The fourth-order valence-electron chi connectivity index (χ4n) is 2.18. The van der Waals surface area contributed by atoms with E-state index in [4.69, 9.17) is 10.8 Å². The highest BCUT2D eigenvalue weighted by atomic mass is 16.4. The van der Waals surface area contributed by atoms with Crippen molar-refractivity contribution in [2.75, 3.05) is 0 Å². The second-order valence-corrected chi connectivity index (χ2v) is 5.11. The highest BCUT2D eigenvalue weighted by Crippen LogP contribution is 2.18. The van der Waals surface area contributed by atoms with Gasteiger partial charge in [0.15, 0.2) is 0 Å². The van der Waals surface area contributed by atoms with Crippen molar-refractivity contribution in [3.05, 3.63) is 70.8 Å². The molecule has 0 amide bonds. The van der Waals surface area contributed by atoms with Crippen LogP contribution >= 0.6 is 0 Å². The van der Waals surface area contributed by atoms with E-state index in [2.05, 4.69) is 31.2 Å². The minimum Gasteiger partial charge on any atom is -0.481 e. The monoisotopic (exact) mass is 269 g/mol. The first kappa shape index (κ1) is 14.3. The lowest BCUT2D eigenvalue weighted by molar-refractivity contribution is -0.137. The molecule has 0 fully saturated rings. The SMILES string of the molecule is Cc1ccc(Cc2cccc([C@@H](N)CC(=O)O)c2)cc1. The van der Waals surface area contributed by atoms with Crippen molar-refractivity contribution in [2.45, 2.75) is 25.8 Å². The van der Waals surface area contributed by atoms with Crippen molar-refractivity contribution < 1.29 is 9.90 Å². The van der Waals surface area contributed by atoms with Gasteiger partial charge in [-0.2, -0.15) is 0 Å². The summed E-state index contributed by atoms with van der Waals surface area (Å²) in [4.78, 5) is 10.7. The molecule has 104 valence electrons. The van der Waals surface area contributed by atoms with Crippen LogP contribution in [0.2, 0.25) is 0 Å². The van der Waals surface area contributed by atoms with E-state index in [9.17, 15) is 4.79 Å². The van der Waals surface area contributed by atoms with Crippen LogP contribution in [0.3, 0.4) is 0 Å². The molecule has 0 aliphatic rings. The van der Waals surface area contributed by atoms with Gasteiger partial charge in [-0.05, 0) is 30.0 Å². The summed E-state index contributed by atoms with van der Waals surface area (Å²) in [7, 11) is 0. The van der Waals surface area contributed by atoms with E-state index in [-0.39, 0.29) is 6.42 Å². The maximum atomic E-state index is 10.7. The number of aliphatic carboxylic acids is 1. The molecule has 0 saturated heterocycles. The molecule has 1 atom stereocenters. The molecular formula is C17H19NO2. The third kappa shape index (κ3) is 3.93. The zero-order valence-electron chi connectivity index (χ0n) is 11.5. The summed E-state index contributed by atoms with van der Waals surface area (Å²) < 4.78 is 0. The van der Waals surface area contributed by atoms with Crippen LogP contribution in [0, 0.1) is 6.92 Å². The van der Waals surface area contributed by atoms with E-state index in [0.29, 0.717) is 0 Å². The lowest BCUT2D eigenvalue weighted by Crippen LogP contribution is -2.15. The zero-order chi connectivity index (χ0) is 14.5. The van der Waals surface area contributed by atoms with Gasteiger partial charge < -0.3 is 10.8 Å². The summed E-state index contributed by atoms with van der Waals surface area (Å²) in [6.45, 7) is 2.06. The normalized spacial score (nSPS) is 12.1. The number of hydrogen-bond donors (Lipinski definition) is 2. The van der Waals surface area contributed by atoms with Gasteiger partial charge in [-0.1, -0.05) is 54.1 Å².